The molecule has 0 aliphatic heterocycles. The van der Waals surface area contributed by atoms with E-state index < -0.39 is 5.41 Å². The van der Waals surface area contributed by atoms with Crippen LogP contribution in [0.15, 0.2) is 47.6 Å². The minimum Gasteiger partial charge on any atom is -0.357 e. The van der Waals surface area contributed by atoms with Gasteiger partial charge in [-0.15, -0.1) is 0 Å². The highest BCUT2D eigenvalue weighted by Crippen LogP contribution is 2.50. The molecule has 1 atom stereocenters. The molecular formula is C24H27N9O2. The van der Waals surface area contributed by atoms with Gasteiger partial charge in [-0.2, -0.15) is 10.1 Å². The topological polar surface area (TPSA) is 128 Å². The first-order chi connectivity index (χ1) is 16.9. The van der Waals surface area contributed by atoms with Crippen LogP contribution in [0.5, 0.6) is 0 Å². The van der Waals surface area contributed by atoms with E-state index in [1.807, 2.05) is 12.3 Å². The van der Waals surface area contributed by atoms with Crippen LogP contribution >= 0.6 is 0 Å². The number of hydrogen-bond donors (Lipinski definition) is 1. The summed E-state index contributed by atoms with van der Waals surface area (Å²) in [5, 5.41) is 11.5. The molecule has 35 heavy (non-hydrogen) atoms. The largest absolute Gasteiger partial charge is 0.357 e. The van der Waals surface area contributed by atoms with Crippen molar-refractivity contribution in [3.63, 3.8) is 0 Å². The number of nitrogens with zero attached hydrogens (tertiary/aromatic N) is 8. The van der Waals surface area contributed by atoms with Crippen molar-refractivity contribution < 1.29 is 9.32 Å². The molecule has 1 N–H and O–H groups in total. The zero-order chi connectivity index (χ0) is 24.6. The van der Waals surface area contributed by atoms with Crippen LogP contribution in [-0.2, 0) is 16.8 Å². The third-order valence-corrected chi connectivity index (χ3v) is 6.50. The molecule has 4 heterocycles. The number of nitrogens with one attached hydrogen (secondary N) is 1. The number of likely N-dealkylation sites (N-methyl/N-ethyl adjacent to an activating group) is 1. The van der Waals surface area contributed by atoms with Crippen molar-refractivity contribution in [2.75, 3.05) is 26.5 Å². The fourth-order valence-corrected chi connectivity index (χ4v) is 4.06. The van der Waals surface area contributed by atoms with E-state index in [2.05, 4.69) is 43.5 Å². The fraction of sp³-hybridized carbons (Fsp3) is 0.375. The van der Waals surface area contributed by atoms with Crippen molar-refractivity contribution in [1.82, 2.24) is 39.8 Å². The van der Waals surface area contributed by atoms with Gasteiger partial charge in [0.25, 0.3) is 5.89 Å². The van der Waals surface area contributed by atoms with Crippen LogP contribution in [0.4, 0.5) is 5.95 Å². The van der Waals surface area contributed by atoms with Crippen LogP contribution in [0.25, 0.3) is 22.7 Å². The lowest BCUT2D eigenvalue weighted by Crippen LogP contribution is -2.28. The monoisotopic (exact) mass is 473 g/mol. The Kier molecular flexibility index (Phi) is 5.75. The highest BCUT2D eigenvalue weighted by Gasteiger charge is 2.47. The molecule has 1 amide bonds. The van der Waals surface area contributed by atoms with E-state index in [1.165, 1.54) is 4.90 Å². The Balaban J connectivity index is 1.40. The van der Waals surface area contributed by atoms with Crippen LogP contribution in [0.3, 0.4) is 0 Å². The van der Waals surface area contributed by atoms with Crippen molar-refractivity contribution in [2.24, 2.45) is 5.92 Å². The smallest absolute Gasteiger partial charge is 0.261 e. The Hall–Kier alpha value is -4.15. The Morgan fingerprint density at radius 2 is 1.91 bits per heavy atom. The van der Waals surface area contributed by atoms with Crippen LogP contribution < -0.4 is 5.32 Å². The van der Waals surface area contributed by atoms with Crippen LogP contribution in [0.2, 0.25) is 0 Å². The predicted octanol–water partition coefficient (Wildman–Crippen LogP) is 2.63. The van der Waals surface area contributed by atoms with Gasteiger partial charge in [-0.3, -0.25) is 14.5 Å². The molecule has 0 aromatic carbocycles. The second-order valence-electron chi connectivity index (χ2n) is 9.09. The molecule has 4 aromatic rings. The van der Waals surface area contributed by atoms with Crippen molar-refractivity contribution in [3.8, 4) is 22.7 Å². The van der Waals surface area contributed by atoms with E-state index in [0.717, 1.165) is 29.7 Å². The Bertz CT molecular complexity index is 1320. The average Bonchev–Trinajstić information content (AvgIpc) is 3.44. The molecular weight excluding hydrogens is 446 g/mol. The summed E-state index contributed by atoms with van der Waals surface area (Å²) in [6, 6.07) is 4.04. The molecule has 1 aliphatic carbocycles. The number of aromatic nitrogens is 7. The normalized spacial score (nSPS) is 15.0. The molecule has 4 aromatic heterocycles. The number of anilines is 1. The Morgan fingerprint density at radius 3 is 2.54 bits per heavy atom. The molecule has 11 nitrogen and oxygen atoms in total. The molecule has 1 aliphatic rings. The lowest BCUT2D eigenvalue weighted by molar-refractivity contribution is -0.129. The van der Waals surface area contributed by atoms with E-state index >= 15 is 0 Å². The van der Waals surface area contributed by atoms with Gasteiger partial charge in [-0.1, -0.05) is 11.2 Å². The Morgan fingerprint density at radius 1 is 1.14 bits per heavy atom. The number of amides is 1. The minimum atomic E-state index is -0.434. The van der Waals surface area contributed by atoms with Crippen LogP contribution in [0, 0.1) is 5.92 Å². The first-order valence-electron chi connectivity index (χ1n) is 11.4. The molecule has 1 saturated carbocycles. The van der Waals surface area contributed by atoms with Crippen molar-refractivity contribution in [2.45, 2.75) is 31.7 Å². The third kappa shape index (κ3) is 4.36. The van der Waals surface area contributed by atoms with Gasteiger partial charge in [0.1, 0.15) is 6.54 Å². The first-order valence-corrected chi connectivity index (χ1v) is 11.4. The van der Waals surface area contributed by atoms with Gasteiger partial charge in [-0.25, -0.2) is 9.97 Å². The predicted molar refractivity (Wildman–Crippen MR) is 128 cm³/mol. The quantitative estimate of drug-likeness (QED) is 0.411. The lowest BCUT2D eigenvalue weighted by atomic mass is 9.77. The number of carbonyl (C=O) groups excluding carboxylic acids is 1. The molecule has 11 heteroatoms. The summed E-state index contributed by atoms with van der Waals surface area (Å²) in [6.07, 6.45) is 10.9. The molecule has 180 valence electrons. The maximum absolute atomic E-state index is 12.0. The van der Waals surface area contributed by atoms with E-state index in [9.17, 15) is 4.79 Å². The minimum absolute atomic E-state index is 0.0485. The van der Waals surface area contributed by atoms with E-state index in [-0.39, 0.29) is 12.5 Å². The molecule has 0 spiro atoms. The summed E-state index contributed by atoms with van der Waals surface area (Å²) in [6.45, 7) is 2.29. The molecule has 5 rings (SSSR count). The van der Waals surface area contributed by atoms with Gasteiger partial charge in [0, 0.05) is 51.5 Å². The number of carbonyl (C=O) groups is 1. The summed E-state index contributed by atoms with van der Waals surface area (Å²) >= 11 is 0. The SMILES string of the molecule is CNc1ncc(-c2ccc(C(C)(c3noc(-c4cnn(CC(=O)N(C)C)c4)n3)C3CC3)cn2)cn1. The zero-order valence-electron chi connectivity index (χ0n) is 20.1. The highest BCUT2D eigenvalue weighted by molar-refractivity contribution is 5.75. The van der Waals surface area contributed by atoms with Gasteiger partial charge < -0.3 is 14.7 Å². The standard InChI is InChI=1S/C24H27N9O2/c1-24(17-5-6-17,18-7-8-19(26-12-18)15-9-27-23(25-2)28-10-15)22-30-21(35-31-22)16-11-29-33(13-16)14-20(34)32(3)4/h7-13,17H,5-6,14H2,1-4H3,(H,25,27,28). The summed E-state index contributed by atoms with van der Waals surface area (Å²) in [4.78, 5) is 31.4. The van der Waals surface area contributed by atoms with Gasteiger partial charge in [0.2, 0.25) is 11.9 Å². The number of rotatable bonds is 8. The molecule has 0 bridgehead atoms. The zero-order valence-corrected chi connectivity index (χ0v) is 20.1. The maximum atomic E-state index is 12.0. The van der Waals surface area contributed by atoms with Crippen LogP contribution in [0.1, 0.15) is 31.2 Å². The Labute approximate surface area is 202 Å². The highest BCUT2D eigenvalue weighted by atomic mass is 16.5. The third-order valence-electron chi connectivity index (χ3n) is 6.50. The van der Waals surface area contributed by atoms with E-state index in [0.29, 0.717) is 29.1 Å². The number of hydrogen-bond acceptors (Lipinski definition) is 9. The van der Waals surface area contributed by atoms with Gasteiger partial charge in [0.05, 0.1) is 22.9 Å². The first kappa shape index (κ1) is 22.6. The van der Waals surface area contributed by atoms with E-state index in [1.54, 1.807) is 50.6 Å². The maximum Gasteiger partial charge on any atom is 0.261 e. The number of pyridine rings is 1. The second-order valence-corrected chi connectivity index (χ2v) is 9.09. The summed E-state index contributed by atoms with van der Waals surface area (Å²) in [5.41, 5.74) is 2.90. The molecule has 0 saturated heterocycles. The average molecular weight is 474 g/mol. The lowest BCUT2D eigenvalue weighted by Gasteiger charge is -2.26. The van der Waals surface area contributed by atoms with Crippen molar-refractivity contribution in [1.29, 1.82) is 0 Å². The summed E-state index contributed by atoms with van der Waals surface area (Å²) in [5.74, 6) is 1.91. The fourth-order valence-electron chi connectivity index (χ4n) is 4.06. The van der Waals surface area contributed by atoms with Gasteiger partial charge in [0.15, 0.2) is 5.82 Å². The summed E-state index contributed by atoms with van der Waals surface area (Å²) < 4.78 is 7.19. The second kappa shape index (κ2) is 8.90. The van der Waals surface area contributed by atoms with Gasteiger partial charge >= 0.3 is 0 Å². The summed E-state index contributed by atoms with van der Waals surface area (Å²) in [7, 11) is 5.21. The van der Waals surface area contributed by atoms with Crippen molar-refractivity contribution in [3.05, 3.63) is 54.5 Å². The molecule has 1 fully saturated rings. The van der Waals surface area contributed by atoms with Crippen molar-refractivity contribution >= 4 is 11.9 Å². The molecule has 0 radical (unpaired) electrons. The van der Waals surface area contributed by atoms with Crippen LogP contribution in [-0.4, -0.2) is 66.8 Å². The molecule has 1 unspecified atom stereocenters. The van der Waals surface area contributed by atoms with E-state index in [4.69, 9.17) is 9.51 Å². The van der Waals surface area contributed by atoms with Gasteiger partial charge in [-0.05, 0) is 37.3 Å².